The van der Waals surface area contributed by atoms with Gasteiger partial charge in [0.15, 0.2) is 0 Å². The van der Waals surface area contributed by atoms with Crippen LogP contribution in [0.3, 0.4) is 0 Å². The van der Waals surface area contributed by atoms with E-state index in [1.807, 2.05) is 12.1 Å². The minimum absolute atomic E-state index is 0.528. The van der Waals surface area contributed by atoms with E-state index in [1.165, 1.54) is 17.5 Å². The van der Waals surface area contributed by atoms with Crippen LogP contribution in [-0.2, 0) is 13.0 Å². The Morgan fingerprint density at radius 2 is 2.31 bits per heavy atom. The van der Waals surface area contributed by atoms with Crippen molar-refractivity contribution in [2.24, 2.45) is 0 Å². The Balaban J connectivity index is 2.18. The van der Waals surface area contributed by atoms with E-state index in [2.05, 4.69) is 16.4 Å². The fourth-order valence-electron chi connectivity index (χ4n) is 2.22. The zero-order chi connectivity index (χ0) is 11.0. The molecule has 1 aromatic heterocycles. The minimum atomic E-state index is 0.528. The average Bonchev–Trinajstić information content (AvgIpc) is 2.75. The number of halogens is 1. The zero-order valence-corrected chi connectivity index (χ0v) is 8.78. The van der Waals surface area contributed by atoms with E-state index in [9.17, 15) is 4.48 Å². The molecule has 1 N–H and O–H groups in total. The van der Waals surface area contributed by atoms with Crippen LogP contribution in [-0.4, -0.2) is 16.3 Å². The van der Waals surface area contributed by atoms with Crippen molar-refractivity contribution < 1.29 is 4.48 Å². The molecule has 0 bridgehead atoms. The largest absolute Gasteiger partial charge is 0.312 e. The second kappa shape index (κ2) is 3.72. The lowest BCUT2D eigenvalue weighted by molar-refractivity contribution is 0.374. The van der Waals surface area contributed by atoms with E-state index in [-0.39, 0.29) is 0 Å². The standard InChI is InChI=1S/C12H12FN3/c13-16-8-15-7-12(16)10-3-1-2-9-4-5-14-6-11(9)10/h1-3,7-8,14H,4-6H2. The number of nitrogens with one attached hydrogen (secondary N) is 1. The van der Waals surface area contributed by atoms with Crippen molar-refractivity contribution in [1.29, 1.82) is 0 Å². The molecule has 0 atom stereocenters. The van der Waals surface area contributed by atoms with Gasteiger partial charge in [-0.05, 0) is 24.1 Å². The Morgan fingerprint density at radius 3 is 3.12 bits per heavy atom. The van der Waals surface area contributed by atoms with Gasteiger partial charge >= 0.3 is 0 Å². The van der Waals surface area contributed by atoms with Gasteiger partial charge < -0.3 is 5.32 Å². The number of fused-ring (bicyclic) bond motifs is 1. The lowest BCUT2D eigenvalue weighted by atomic mass is 9.95. The van der Waals surface area contributed by atoms with Crippen LogP contribution in [0.1, 0.15) is 11.1 Å². The van der Waals surface area contributed by atoms with Gasteiger partial charge in [0.2, 0.25) is 0 Å². The number of hydrogen-bond acceptors (Lipinski definition) is 2. The van der Waals surface area contributed by atoms with E-state index in [1.54, 1.807) is 6.20 Å². The van der Waals surface area contributed by atoms with E-state index < -0.39 is 0 Å². The molecule has 82 valence electrons. The number of nitrogens with zero attached hydrogens (tertiary/aromatic N) is 2. The summed E-state index contributed by atoms with van der Waals surface area (Å²) in [5.41, 5.74) is 3.95. The highest BCUT2D eigenvalue weighted by molar-refractivity contribution is 5.65. The number of rotatable bonds is 1. The Kier molecular flexibility index (Phi) is 2.22. The summed E-state index contributed by atoms with van der Waals surface area (Å²) in [6.45, 7) is 1.79. The molecule has 3 nitrogen and oxygen atoms in total. The highest BCUT2D eigenvalue weighted by atomic mass is 19.2. The Morgan fingerprint density at radius 1 is 1.38 bits per heavy atom. The Hall–Kier alpha value is -1.68. The van der Waals surface area contributed by atoms with Gasteiger partial charge in [0.05, 0.1) is 6.20 Å². The first-order chi connectivity index (χ1) is 7.86. The van der Waals surface area contributed by atoms with Crippen molar-refractivity contribution >= 4 is 0 Å². The zero-order valence-electron chi connectivity index (χ0n) is 8.78. The van der Waals surface area contributed by atoms with Crippen LogP contribution < -0.4 is 5.32 Å². The van der Waals surface area contributed by atoms with Gasteiger partial charge in [-0.2, -0.15) is 4.79 Å². The maximum atomic E-state index is 13.4. The molecule has 0 aliphatic carbocycles. The van der Waals surface area contributed by atoms with Gasteiger partial charge in [0.1, 0.15) is 12.0 Å². The third-order valence-corrected chi connectivity index (χ3v) is 3.02. The van der Waals surface area contributed by atoms with Gasteiger partial charge in [0, 0.05) is 12.1 Å². The molecule has 0 saturated carbocycles. The van der Waals surface area contributed by atoms with Crippen LogP contribution in [0.5, 0.6) is 0 Å². The van der Waals surface area contributed by atoms with Gasteiger partial charge in [-0.1, -0.05) is 22.7 Å². The predicted molar refractivity (Wildman–Crippen MR) is 59.6 cm³/mol. The van der Waals surface area contributed by atoms with Crippen molar-refractivity contribution in [3.05, 3.63) is 41.9 Å². The molecular weight excluding hydrogens is 205 g/mol. The van der Waals surface area contributed by atoms with Crippen molar-refractivity contribution in [1.82, 2.24) is 15.1 Å². The summed E-state index contributed by atoms with van der Waals surface area (Å²) in [5, 5.41) is 3.31. The number of imidazole rings is 1. The van der Waals surface area contributed by atoms with Gasteiger partial charge in [-0.25, -0.2) is 4.98 Å². The minimum Gasteiger partial charge on any atom is -0.312 e. The lowest BCUT2D eigenvalue weighted by Gasteiger charge is -2.19. The highest BCUT2D eigenvalue weighted by Crippen LogP contribution is 2.27. The maximum Gasteiger partial charge on any atom is 0.127 e. The highest BCUT2D eigenvalue weighted by Gasteiger charge is 2.15. The molecule has 0 spiro atoms. The molecule has 4 heteroatoms. The molecule has 3 rings (SSSR count). The van der Waals surface area contributed by atoms with Gasteiger partial charge in [-0.3, -0.25) is 0 Å². The van der Waals surface area contributed by atoms with E-state index >= 15 is 0 Å². The average molecular weight is 217 g/mol. The molecule has 1 aromatic carbocycles. The molecule has 16 heavy (non-hydrogen) atoms. The fraction of sp³-hybridized carbons (Fsp3) is 0.250. The first-order valence-corrected chi connectivity index (χ1v) is 5.36. The van der Waals surface area contributed by atoms with E-state index in [0.717, 1.165) is 25.1 Å². The quantitative estimate of drug-likeness (QED) is 0.791. The van der Waals surface area contributed by atoms with Gasteiger partial charge in [0.25, 0.3) is 0 Å². The topological polar surface area (TPSA) is 29.9 Å². The number of aromatic nitrogens is 2. The molecule has 2 heterocycles. The lowest BCUT2D eigenvalue weighted by Crippen LogP contribution is -2.24. The first-order valence-electron chi connectivity index (χ1n) is 5.36. The van der Waals surface area contributed by atoms with Crippen molar-refractivity contribution in [2.75, 3.05) is 6.54 Å². The van der Waals surface area contributed by atoms with E-state index in [0.29, 0.717) is 10.5 Å². The predicted octanol–water partition coefficient (Wildman–Crippen LogP) is 1.93. The summed E-state index contributed by atoms with van der Waals surface area (Å²) in [6, 6.07) is 6.03. The fourth-order valence-corrected chi connectivity index (χ4v) is 2.22. The molecule has 1 aliphatic heterocycles. The van der Waals surface area contributed by atoms with Crippen molar-refractivity contribution in [3.8, 4) is 11.3 Å². The summed E-state index contributed by atoms with van der Waals surface area (Å²) in [6.07, 6.45) is 3.75. The first kappa shape index (κ1) is 9.54. The monoisotopic (exact) mass is 217 g/mol. The molecule has 0 saturated heterocycles. The van der Waals surface area contributed by atoms with E-state index in [4.69, 9.17) is 0 Å². The SMILES string of the molecule is Fn1cncc1-c1cccc2c1CNCC2. The van der Waals surface area contributed by atoms with Crippen molar-refractivity contribution in [2.45, 2.75) is 13.0 Å². The summed E-state index contributed by atoms with van der Waals surface area (Å²) in [4.78, 5) is 4.39. The Bertz CT molecular complexity index is 519. The molecule has 0 amide bonds. The summed E-state index contributed by atoms with van der Waals surface area (Å²) >= 11 is 0. The van der Waals surface area contributed by atoms with Crippen LogP contribution in [0.25, 0.3) is 11.3 Å². The van der Waals surface area contributed by atoms with Crippen LogP contribution in [0.15, 0.2) is 30.7 Å². The molecule has 2 aromatic rings. The van der Waals surface area contributed by atoms with Gasteiger partial charge in [-0.15, -0.1) is 0 Å². The third kappa shape index (κ3) is 1.42. The smallest absolute Gasteiger partial charge is 0.127 e. The Labute approximate surface area is 92.9 Å². The number of hydrogen-bond donors (Lipinski definition) is 1. The van der Waals surface area contributed by atoms with Crippen LogP contribution in [0, 0.1) is 0 Å². The van der Waals surface area contributed by atoms with Crippen LogP contribution in [0.2, 0.25) is 0 Å². The second-order valence-electron chi connectivity index (χ2n) is 3.96. The molecule has 0 radical (unpaired) electrons. The van der Waals surface area contributed by atoms with Crippen LogP contribution in [0.4, 0.5) is 4.48 Å². The summed E-state index contributed by atoms with van der Waals surface area (Å²) in [5.74, 6) is 0. The molecular formula is C12H12FN3. The van der Waals surface area contributed by atoms with Crippen LogP contribution >= 0.6 is 0 Å². The molecule has 1 aliphatic rings. The summed E-state index contributed by atoms with van der Waals surface area (Å²) < 4.78 is 13.4. The normalized spacial score (nSPS) is 14.8. The summed E-state index contributed by atoms with van der Waals surface area (Å²) in [7, 11) is 0. The maximum absolute atomic E-state index is 13.4. The third-order valence-electron chi connectivity index (χ3n) is 3.02. The molecule has 0 fully saturated rings. The molecule has 0 unspecified atom stereocenters. The van der Waals surface area contributed by atoms with Crippen molar-refractivity contribution in [3.63, 3.8) is 0 Å². The second-order valence-corrected chi connectivity index (χ2v) is 3.96. The number of benzene rings is 1.